The maximum absolute atomic E-state index is 13.2. The molecule has 2 fully saturated rings. The number of nitrogens with zero attached hydrogens (tertiary/aromatic N) is 4. The lowest BCUT2D eigenvalue weighted by Crippen LogP contribution is -2.37. The first-order chi connectivity index (χ1) is 16.7. The normalized spacial score (nSPS) is 20.9. The molecule has 34 heavy (non-hydrogen) atoms. The number of ether oxygens (including phenoxy) is 2. The quantitative estimate of drug-likeness (QED) is 0.497. The van der Waals surface area contributed by atoms with E-state index in [1.807, 2.05) is 23.7 Å². The molecule has 1 amide bonds. The summed E-state index contributed by atoms with van der Waals surface area (Å²) < 4.78 is 17.1. The lowest BCUT2D eigenvalue weighted by Gasteiger charge is -2.30. The highest BCUT2D eigenvalue weighted by molar-refractivity contribution is 8.02. The summed E-state index contributed by atoms with van der Waals surface area (Å²) in [5.74, 6) is -0.208. The molecule has 1 aromatic carbocycles. The molecule has 3 aliphatic heterocycles. The van der Waals surface area contributed by atoms with Gasteiger partial charge in [-0.25, -0.2) is 0 Å². The number of rotatable bonds is 5. The molecule has 0 saturated carbocycles. The largest absolute Gasteiger partial charge is 0.423 e. The lowest BCUT2D eigenvalue weighted by atomic mass is 10.2. The van der Waals surface area contributed by atoms with Crippen LogP contribution >= 0.6 is 11.8 Å². The number of carbonyl (C=O) groups is 1. The molecule has 178 valence electrons. The summed E-state index contributed by atoms with van der Waals surface area (Å²) in [7, 11) is 0. The van der Waals surface area contributed by atoms with Gasteiger partial charge in [0.15, 0.2) is 5.58 Å². The summed E-state index contributed by atoms with van der Waals surface area (Å²) in [6.07, 6.45) is 3.57. The van der Waals surface area contributed by atoms with Crippen LogP contribution in [-0.4, -0.2) is 73.7 Å². The van der Waals surface area contributed by atoms with E-state index in [2.05, 4.69) is 30.6 Å². The van der Waals surface area contributed by atoms with Crippen molar-refractivity contribution in [1.29, 1.82) is 0 Å². The highest BCUT2D eigenvalue weighted by Gasteiger charge is 2.26. The van der Waals surface area contributed by atoms with Crippen LogP contribution in [0, 0.1) is 0 Å². The van der Waals surface area contributed by atoms with Crippen LogP contribution < -0.4 is 20.4 Å². The molecule has 2 saturated heterocycles. The van der Waals surface area contributed by atoms with Gasteiger partial charge in [0, 0.05) is 49.4 Å². The van der Waals surface area contributed by atoms with Gasteiger partial charge in [-0.2, -0.15) is 10.1 Å². The highest BCUT2D eigenvalue weighted by atomic mass is 32.2. The number of thioether (sulfide) groups is 1. The van der Waals surface area contributed by atoms with Crippen molar-refractivity contribution in [3.05, 3.63) is 41.2 Å². The molecule has 1 unspecified atom stereocenters. The van der Waals surface area contributed by atoms with Gasteiger partial charge in [0.2, 0.25) is 0 Å². The second kappa shape index (κ2) is 9.20. The predicted octanol–water partition coefficient (Wildman–Crippen LogP) is 2.04. The zero-order chi connectivity index (χ0) is 22.9. The van der Waals surface area contributed by atoms with Crippen LogP contribution in [-0.2, 0) is 14.3 Å². The summed E-state index contributed by atoms with van der Waals surface area (Å²) in [6.45, 7) is 5.53. The van der Waals surface area contributed by atoms with E-state index in [1.165, 1.54) is 11.8 Å². The number of aromatic nitrogens is 3. The first-order valence-corrected chi connectivity index (χ1v) is 12.2. The van der Waals surface area contributed by atoms with Crippen LogP contribution in [0.5, 0.6) is 0 Å². The van der Waals surface area contributed by atoms with Gasteiger partial charge < -0.3 is 34.3 Å². The van der Waals surface area contributed by atoms with Crippen molar-refractivity contribution in [2.75, 3.05) is 67.7 Å². The Morgan fingerprint density at radius 1 is 1.09 bits per heavy atom. The minimum Gasteiger partial charge on any atom is -0.423 e. The van der Waals surface area contributed by atoms with Crippen molar-refractivity contribution in [2.24, 2.45) is 0 Å². The molecular formula is C22H25N7O4S. The Labute approximate surface area is 199 Å². The SMILES string of the molecule is O=C(Nc1cc2oc(N3CCOCC3)nc2cc1N1CCOCC1)C1=CSC(c2cn[nH]c2)N1. The number of oxazole rings is 1. The Kier molecular flexibility index (Phi) is 5.77. The third-order valence-corrected chi connectivity index (χ3v) is 7.09. The zero-order valence-electron chi connectivity index (χ0n) is 18.5. The fraction of sp³-hybridized carbons (Fsp3) is 0.409. The fourth-order valence-corrected chi connectivity index (χ4v) is 5.16. The molecule has 0 aliphatic carbocycles. The van der Waals surface area contributed by atoms with Crippen LogP contribution in [0.4, 0.5) is 17.4 Å². The van der Waals surface area contributed by atoms with E-state index in [0.717, 1.165) is 42.9 Å². The van der Waals surface area contributed by atoms with Gasteiger partial charge in [-0.3, -0.25) is 9.89 Å². The Morgan fingerprint density at radius 3 is 2.59 bits per heavy atom. The topological polar surface area (TPSA) is 121 Å². The molecule has 6 rings (SSSR count). The number of hydrogen-bond donors (Lipinski definition) is 3. The Morgan fingerprint density at radius 2 is 1.85 bits per heavy atom. The minimum atomic E-state index is -0.208. The molecular weight excluding hydrogens is 458 g/mol. The van der Waals surface area contributed by atoms with Gasteiger partial charge in [-0.05, 0) is 6.07 Å². The van der Waals surface area contributed by atoms with Crippen molar-refractivity contribution in [3.63, 3.8) is 0 Å². The van der Waals surface area contributed by atoms with Crippen LogP contribution in [0.15, 0.2) is 40.0 Å². The van der Waals surface area contributed by atoms with E-state index >= 15 is 0 Å². The van der Waals surface area contributed by atoms with Crippen molar-refractivity contribution in [2.45, 2.75) is 5.37 Å². The van der Waals surface area contributed by atoms with E-state index in [4.69, 9.17) is 18.9 Å². The Hall–Kier alpha value is -3.22. The third kappa shape index (κ3) is 4.19. The molecule has 0 bridgehead atoms. The Balaban J connectivity index is 1.28. The minimum absolute atomic E-state index is 0.0500. The number of morpholine rings is 2. The fourth-order valence-electron chi connectivity index (χ4n) is 4.23. The van der Waals surface area contributed by atoms with Crippen LogP contribution in [0.3, 0.4) is 0 Å². The number of fused-ring (bicyclic) bond motifs is 1. The molecule has 0 spiro atoms. The molecule has 2 aromatic heterocycles. The van der Waals surface area contributed by atoms with E-state index < -0.39 is 0 Å². The van der Waals surface area contributed by atoms with Crippen molar-refractivity contribution < 1.29 is 18.7 Å². The average molecular weight is 484 g/mol. The number of hydrogen-bond acceptors (Lipinski definition) is 10. The van der Waals surface area contributed by atoms with E-state index in [-0.39, 0.29) is 11.3 Å². The molecule has 11 nitrogen and oxygen atoms in total. The van der Waals surface area contributed by atoms with Gasteiger partial charge in [-0.1, -0.05) is 0 Å². The predicted molar refractivity (Wildman–Crippen MR) is 129 cm³/mol. The zero-order valence-corrected chi connectivity index (χ0v) is 19.3. The van der Waals surface area contributed by atoms with Gasteiger partial charge >= 0.3 is 0 Å². The first-order valence-electron chi connectivity index (χ1n) is 11.3. The lowest BCUT2D eigenvalue weighted by molar-refractivity contribution is -0.113. The standard InChI is InChI=1S/C22H25N7O4S/c30-20(17-13-34-21(26-17)14-11-23-24-12-14)25-15-10-19-16(9-18(15)28-1-5-31-6-2-28)27-22(33-19)29-3-7-32-8-4-29/h9-13,21,26H,1-8H2,(H,23,24)(H,25,30). The van der Waals surface area contributed by atoms with Crippen molar-refractivity contribution in [1.82, 2.24) is 20.5 Å². The molecule has 12 heteroatoms. The van der Waals surface area contributed by atoms with Gasteiger partial charge in [-0.15, -0.1) is 11.8 Å². The summed E-state index contributed by atoms with van der Waals surface area (Å²) in [4.78, 5) is 22.2. The van der Waals surface area contributed by atoms with Crippen LogP contribution in [0.25, 0.3) is 11.1 Å². The highest BCUT2D eigenvalue weighted by Crippen LogP contribution is 2.36. The van der Waals surface area contributed by atoms with Gasteiger partial charge in [0.25, 0.3) is 11.9 Å². The number of anilines is 3. The summed E-state index contributed by atoms with van der Waals surface area (Å²) in [6, 6.07) is 4.43. The number of nitrogens with one attached hydrogen (secondary N) is 3. The monoisotopic (exact) mass is 483 g/mol. The number of benzene rings is 1. The Bertz CT molecular complexity index is 1200. The van der Waals surface area contributed by atoms with E-state index in [1.54, 1.807) is 6.20 Å². The third-order valence-electron chi connectivity index (χ3n) is 6.05. The van der Waals surface area contributed by atoms with E-state index in [0.29, 0.717) is 49.4 Å². The molecule has 3 N–H and O–H groups in total. The van der Waals surface area contributed by atoms with Crippen LogP contribution in [0.2, 0.25) is 0 Å². The smallest absolute Gasteiger partial charge is 0.298 e. The molecule has 1 atom stereocenters. The summed E-state index contributed by atoms with van der Waals surface area (Å²) in [5.41, 5.74) is 4.47. The summed E-state index contributed by atoms with van der Waals surface area (Å²) >= 11 is 1.54. The molecule has 3 aromatic rings. The van der Waals surface area contributed by atoms with Gasteiger partial charge in [0.05, 0.1) is 44.0 Å². The van der Waals surface area contributed by atoms with Crippen molar-refractivity contribution in [3.8, 4) is 0 Å². The average Bonchev–Trinajstić information content (AvgIpc) is 3.65. The molecule has 0 radical (unpaired) electrons. The van der Waals surface area contributed by atoms with Crippen molar-refractivity contribution >= 4 is 46.2 Å². The number of amides is 1. The number of H-pyrrole nitrogens is 1. The second-order valence-electron chi connectivity index (χ2n) is 8.21. The summed E-state index contributed by atoms with van der Waals surface area (Å²) in [5, 5.41) is 14.9. The van der Waals surface area contributed by atoms with Crippen LogP contribution in [0.1, 0.15) is 10.9 Å². The number of carbonyl (C=O) groups excluding carboxylic acids is 1. The second-order valence-corrected chi connectivity index (χ2v) is 9.19. The molecule has 5 heterocycles. The number of aromatic amines is 1. The van der Waals surface area contributed by atoms with E-state index in [9.17, 15) is 4.79 Å². The van der Waals surface area contributed by atoms with Gasteiger partial charge in [0.1, 0.15) is 16.6 Å². The maximum atomic E-state index is 13.2. The molecule has 3 aliphatic rings. The first kappa shape index (κ1) is 21.3. The maximum Gasteiger partial charge on any atom is 0.298 e.